The Morgan fingerprint density at radius 2 is 1.80 bits per heavy atom. The average Bonchev–Trinajstić information content (AvgIpc) is 2.15. The Bertz CT molecular complexity index is 347. The molecule has 15 heavy (non-hydrogen) atoms. The largest absolute Gasteiger partial charge is 0.573 e. The highest BCUT2D eigenvalue weighted by Gasteiger charge is 2.30. The van der Waals surface area contributed by atoms with Crippen LogP contribution in [0.4, 0.5) is 13.2 Å². The molecule has 0 atom stereocenters. The molecule has 0 bridgehead atoms. The van der Waals surface area contributed by atoms with Crippen LogP contribution < -0.4 is 4.74 Å². The molecule has 0 aliphatic carbocycles. The van der Waals surface area contributed by atoms with Crippen molar-refractivity contribution in [2.75, 3.05) is 6.26 Å². The smallest absolute Gasteiger partial charge is 0.406 e. The lowest BCUT2D eigenvalue weighted by atomic mass is 10.2. The van der Waals surface area contributed by atoms with Gasteiger partial charge < -0.3 is 4.74 Å². The Kier molecular flexibility index (Phi) is 3.62. The van der Waals surface area contributed by atoms with Gasteiger partial charge in [-0.3, -0.25) is 5.41 Å². The molecular weight excluding hydrogens is 227 g/mol. The van der Waals surface area contributed by atoms with E-state index < -0.39 is 6.36 Å². The summed E-state index contributed by atoms with van der Waals surface area (Å²) in [5.41, 5.74) is 0.567. The molecule has 82 valence electrons. The summed E-state index contributed by atoms with van der Waals surface area (Å²) in [5, 5.41) is 7.73. The Balaban J connectivity index is 2.77. The van der Waals surface area contributed by atoms with Crippen LogP contribution in [0.3, 0.4) is 0 Å². The summed E-state index contributed by atoms with van der Waals surface area (Å²) < 4.78 is 39.1. The fourth-order valence-electron chi connectivity index (χ4n) is 0.926. The topological polar surface area (TPSA) is 33.1 Å². The molecular formula is C9H8F3NOS. The van der Waals surface area contributed by atoms with Gasteiger partial charge >= 0.3 is 6.36 Å². The van der Waals surface area contributed by atoms with Gasteiger partial charge in [0, 0.05) is 5.56 Å². The van der Waals surface area contributed by atoms with Gasteiger partial charge in [0.05, 0.1) is 5.04 Å². The maximum atomic E-state index is 11.8. The normalized spacial score (nSPS) is 11.2. The van der Waals surface area contributed by atoms with Gasteiger partial charge in [-0.2, -0.15) is 0 Å². The van der Waals surface area contributed by atoms with Crippen molar-refractivity contribution >= 4 is 16.8 Å². The lowest BCUT2D eigenvalue weighted by Gasteiger charge is -2.09. The van der Waals surface area contributed by atoms with Gasteiger partial charge in [-0.15, -0.1) is 24.9 Å². The summed E-state index contributed by atoms with van der Waals surface area (Å²) in [6.45, 7) is 0. The van der Waals surface area contributed by atoms with Gasteiger partial charge in [-0.05, 0) is 30.5 Å². The molecule has 0 radical (unpaired) electrons. The van der Waals surface area contributed by atoms with E-state index in [0.29, 0.717) is 10.6 Å². The number of hydrogen-bond donors (Lipinski definition) is 1. The summed E-state index contributed by atoms with van der Waals surface area (Å²) in [6.07, 6.45) is -2.95. The standard InChI is InChI=1S/C9H8F3NOS/c1-15-8(13)6-2-4-7(5-3-6)14-9(10,11)12/h2-5,13H,1H3. The second-order valence-electron chi connectivity index (χ2n) is 2.61. The van der Waals surface area contributed by atoms with Gasteiger partial charge in [0.25, 0.3) is 0 Å². The summed E-state index contributed by atoms with van der Waals surface area (Å²) in [4.78, 5) is 0. The Morgan fingerprint density at radius 1 is 1.27 bits per heavy atom. The summed E-state index contributed by atoms with van der Waals surface area (Å²) in [6, 6.07) is 5.21. The van der Waals surface area contributed by atoms with Crippen molar-refractivity contribution < 1.29 is 17.9 Å². The zero-order valence-corrected chi connectivity index (χ0v) is 8.58. The van der Waals surface area contributed by atoms with Gasteiger partial charge in [-0.1, -0.05) is 0 Å². The predicted molar refractivity (Wildman–Crippen MR) is 53.5 cm³/mol. The average molecular weight is 235 g/mol. The van der Waals surface area contributed by atoms with E-state index in [0.717, 1.165) is 0 Å². The summed E-state index contributed by atoms with van der Waals surface area (Å²) >= 11 is 1.22. The van der Waals surface area contributed by atoms with Gasteiger partial charge in [0.1, 0.15) is 5.75 Å². The minimum atomic E-state index is -4.67. The van der Waals surface area contributed by atoms with Crippen molar-refractivity contribution in [2.24, 2.45) is 0 Å². The number of halogens is 3. The highest BCUT2D eigenvalue weighted by molar-refractivity contribution is 8.13. The molecule has 0 amide bonds. The van der Waals surface area contributed by atoms with E-state index in [4.69, 9.17) is 5.41 Å². The second kappa shape index (κ2) is 4.57. The van der Waals surface area contributed by atoms with Crippen LogP contribution >= 0.6 is 11.8 Å². The number of benzene rings is 1. The van der Waals surface area contributed by atoms with Crippen molar-refractivity contribution in [3.05, 3.63) is 29.8 Å². The molecule has 0 saturated heterocycles. The third-order valence-electron chi connectivity index (χ3n) is 1.55. The molecule has 1 aromatic carbocycles. The molecule has 0 aliphatic rings. The number of hydrogen-bond acceptors (Lipinski definition) is 3. The molecule has 0 fully saturated rings. The molecule has 0 aromatic heterocycles. The van der Waals surface area contributed by atoms with Crippen molar-refractivity contribution in [3.63, 3.8) is 0 Å². The maximum absolute atomic E-state index is 11.8. The summed E-state index contributed by atoms with van der Waals surface area (Å²) in [5.74, 6) is -0.278. The van der Waals surface area contributed by atoms with E-state index in [1.165, 1.54) is 36.0 Å². The first-order valence-corrected chi connectivity index (χ1v) is 5.13. The van der Waals surface area contributed by atoms with Crippen molar-refractivity contribution in [2.45, 2.75) is 6.36 Å². The summed E-state index contributed by atoms with van der Waals surface area (Å²) in [7, 11) is 0. The number of thioether (sulfide) groups is 1. The van der Waals surface area contributed by atoms with Gasteiger partial charge in [0.15, 0.2) is 0 Å². The van der Waals surface area contributed by atoms with Crippen LogP contribution in [-0.2, 0) is 0 Å². The molecule has 6 heteroatoms. The Labute approximate surface area is 88.9 Å². The Morgan fingerprint density at radius 3 is 2.20 bits per heavy atom. The zero-order valence-electron chi connectivity index (χ0n) is 7.76. The minimum Gasteiger partial charge on any atom is -0.406 e. The van der Waals surface area contributed by atoms with Crippen LogP contribution in [0.1, 0.15) is 5.56 Å². The van der Waals surface area contributed by atoms with Crippen LogP contribution in [0.15, 0.2) is 24.3 Å². The molecule has 0 aliphatic heterocycles. The van der Waals surface area contributed by atoms with Crippen LogP contribution in [-0.4, -0.2) is 17.7 Å². The quantitative estimate of drug-likeness (QED) is 0.630. The lowest BCUT2D eigenvalue weighted by molar-refractivity contribution is -0.274. The minimum absolute atomic E-state index is 0.278. The molecule has 0 spiro atoms. The fraction of sp³-hybridized carbons (Fsp3) is 0.222. The molecule has 0 heterocycles. The molecule has 0 saturated carbocycles. The van der Waals surface area contributed by atoms with Crippen LogP contribution in [0, 0.1) is 5.41 Å². The monoisotopic (exact) mass is 235 g/mol. The third kappa shape index (κ3) is 3.83. The first kappa shape index (κ1) is 11.9. The number of rotatable bonds is 2. The van der Waals surface area contributed by atoms with Gasteiger partial charge in [-0.25, -0.2) is 0 Å². The van der Waals surface area contributed by atoms with E-state index >= 15 is 0 Å². The van der Waals surface area contributed by atoms with E-state index in [9.17, 15) is 13.2 Å². The molecule has 2 nitrogen and oxygen atoms in total. The highest BCUT2D eigenvalue weighted by Crippen LogP contribution is 2.23. The van der Waals surface area contributed by atoms with E-state index in [-0.39, 0.29) is 5.75 Å². The molecule has 1 aromatic rings. The van der Waals surface area contributed by atoms with Crippen molar-refractivity contribution in [1.29, 1.82) is 5.41 Å². The maximum Gasteiger partial charge on any atom is 0.573 e. The van der Waals surface area contributed by atoms with Gasteiger partial charge in [0.2, 0.25) is 0 Å². The number of alkyl halides is 3. The molecule has 1 N–H and O–H groups in total. The number of ether oxygens (including phenoxy) is 1. The van der Waals surface area contributed by atoms with Crippen LogP contribution in [0.5, 0.6) is 5.75 Å². The zero-order chi connectivity index (χ0) is 11.5. The van der Waals surface area contributed by atoms with Crippen molar-refractivity contribution in [3.8, 4) is 5.75 Å². The molecule has 0 unspecified atom stereocenters. The van der Waals surface area contributed by atoms with Crippen LogP contribution in [0.25, 0.3) is 0 Å². The first-order chi connectivity index (χ1) is 6.92. The first-order valence-electron chi connectivity index (χ1n) is 3.91. The third-order valence-corrected chi connectivity index (χ3v) is 2.20. The van der Waals surface area contributed by atoms with E-state index in [1.807, 2.05) is 0 Å². The predicted octanol–water partition coefficient (Wildman–Crippen LogP) is 3.27. The lowest BCUT2D eigenvalue weighted by Crippen LogP contribution is -2.17. The van der Waals surface area contributed by atoms with Crippen molar-refractivity contribution in [1.82, 2.24) is 0 Å². The van der Waals surface area contributed by atoms with E-state index in [1.54, 1.807) is 6.26 Å². The molecule has 1 rings (SSSR count). The SMILES string of the molecule is CSC(=N)c1ccc(OC(F)(F)F)cc1. The van der Waals surface area contributed by atoms with Crippen LogP contribution in [0.2, 0.25) is 0 Å². The Hall–Kier alpha value is -1.17. The van der Waals surface area contributed by atoms with E-state index in [2.05, 4.69) is 4.74 Å². The fourth-order valence-corrected chi connectivity index (χ4v) is 1.30. The second-order valence-corrected chi connectivity index (χ2v) is 3.42. The highest BCUT2D eigenvalue weighted by atomic mass is 32.2. The number of nitrogens with one attached hydrogen (secondary N) is 1.